The smallest absolute Gasteiger partial charge is 0.356 e. The number of aromatic nitrogens is 2. The quantitative estimate of drug-likeness (QED) is 0.770. The number of nitrogens with one attached hydrogen (secondary N) is 1. The highest BCUT2D eigenvalue weighted by molar-refractivity contribution is 7.89. The van der Waals surface area contributed by atoms with Crippen LogP contribution in [0.3, 0.4) is 0 Å². The maximum absolute atomic E-state index is 12.4. The van der Waals surface area contributed by atoms with E-state index in [4.69, 9.17) is 5.11 Å². The number of sulfonamides is 1. The van der Waals surface area contributed by atoms with Crippen LogP contribution in [0.2, 0.25) is 0 Å². The molecule has 0 aliphatic carbocycles. The SMILES string of the molecule is CC(C)N(C)S(=O)(=O)c1ccc(CNc2cnc(C(=O)O)cn2)cc1. The minimum Gasteiger partial charge on any atom is -0.476 e. The third-order valence-corrected chi connectivity index (χ3v) is 5.72. The van der Waals surface area contributed by atoms with Crippen molar-refractivity contribution in [3.63, 3.8) is 0 Å². The molecule has 0 spiro atoms. The Morgan fingerprint density at radius 1 is 1.20 bits per heavy atom. The minimum absolute atomic E-state index is 0.126. The van der Waals surface area contributed by atoms with Crippen molar-refractivity contribution in [3.8, 4) is 0 Å². The molecule has 0 saturated carbocycles. The van der Waals surface area contributed by atoms with Gasteiger partial charge in [0.1, 0.15) is 5.82 Å². The van der Waals surface area contributed by atoms with E-state index in [9.17, 15) is 13.2 Å². The highest BCUT2D eigenvalue weighted by atomic mass is 32.2. The van der Waals surface area contributed by atoms with E-state index in [-0.39, 0.29) is 16.6 Å². The zero-order valence-electron chi connectivity index (χ0n) is 14.2. The van der Waals surface area contributed by atoms with E-state index in [0.717, 1.165) is 5.56 Å². The van der Waals surface area contributed by atoms with Crippen molar-refractivity contribution < 1.29 is 18.3 Å². The fourth-order valence-corrected chi connectivity index (χ4v) is 3.31. The third-order valence-electron chi connectivity index (χ3n) is 3.67. The second-order valence-electron chi connectivity index (χ2n) is 5.70. The van der Waals surface area contributed by atoms with Gasteiger partial charge in [0.25, 0.3) is 0 Å². The fourth-order valence-electron chi connectivity index (χ4n) is 1.95. The van der Waals surface area contributed by atoms with E-state index in [1.54, 1.807) is 31.3 Å². The first-order valence-electron chi connectivity index (χ1n) is 7.58. The van der Waals surface area contributed by atoms with Crippen LogP contribution < -0.4 is 5.32 Å². The number of carboxylic acids is 1. The first-order valence-corrected chi connectivity index (χ1v) is 9.02. The van der Waals surface area contributed by atoms with Gasteiger partial charge in [-0.15, -0.1) is 0 Å². The van der Waals surface area contributed by atoms with Gasteiger partial charge in [0.05, 0.1) is 17.3 Å². The molecule has 0 atom stereocenters. The van der Waals surface area contributed by atoms with Crippen molar-refractivity contribution in [1.82, 2.24) is 14.3 Å². The Labute approximate surface area is 146 Å². The van der Waals surface area contributed by atoms with Gasteiger partial charge in [-0.1, -0.05) is 12.1 Å². The Kier molecular flexibility index (Phi) is 5.70. The van der Waals surface area contributed by atoms with E-state index >= 15 is 0 Å². The van der Waals surface area contributed by atoms with Crippen LogP contribution in [0.4, 0.5) is 5.82 Å². The lowest BCUT2D eigenvalue weighted by Crippen LogP contribution is -2.33. The molecule has 1 heterocycles. The average Bonchev–Trinajstić information content (AvgIpc) is 2.59. The van der Waals surface area contributed by atoms with Crippen LogP contribution in [-0.2, 0) is 16.6 Å². The molecule has 0 aliphatic heterocycles. The van der Waals surface area contributed by atoms with Gasteiger partial charge in [-0.25, -0.2) is 23.2 Å². The maximum atomic E-state index is 12.4. The third kappa shape index (κ3) is 4.52. The second-order valence-corrected chi connectivity index (χ2v) is 7.70. The number of hydrogen-bond acceptors (Lipinski definition) is 6. The summed E-state index contributed by atoms with van der Waals surface area (Å²) in [4.78, 5) is 18.7. The number of carboxylic acid groups (broad SMARTS) is 1. The van der Waals surface area contributed by atoms with Crippen LogP contribution >= 0.6 is 0 Å². The molecule has 25 heavy (non-hydrogen) atoms. The number of carbonyl (C=O) groups is 1. The summed E-state index contributed by atoms with van der Waals surface area (Å²) in [5.74, 6) is -0.705. The van der Waals surface area contributed by atoms with Gasteiger partial charge in [0, 0.05) is 19.6 Å². The summed E-state index contributed by atoms with van der Waals surface area (Å²) in [6.45, 7) is 4.03. The van der Waals surface area contributed by atoms with Gasteiger partial charge < -0.3 is 10.4 Å². The monoisotopic (exact) mass is 364 g/mol. The number of aromatic carboxylic acids is 1. The predicted molar refractivity (Wildman–Crippen MR) is 92.8 cm³/mol. The van der Waals surface area contributed by atoms with Gasteiger partial charge in [-0.05, 0) is 31.5 Å². The molecule has 0 fully saturated rings. The normalized spacial score (nSPS) is 11.7. The van der Waals surface area contributed by atoms with Gasteiger partial charge in [-0.2, -0.15) is 4.31 Å². The molecule has 2 N–H and O–H groups in total. The Balaban J connectivity index is 2.04. The molecule has 8 nitrogen and oxygen atoms in total. The number of benzene rings is 1. The second kappa shape index (κ2) is 7.58. The first kappa shape index (κ1) is 18.8. The maximum Gasteiger partial charge on any atom is 0.356 e. The topological polar surface area (TPSA) is 112 Å². The van der Waals surface area contributed by atoms with Crippen LogP contribution in [0, 0.1) is 0 Å². The van der Waals surface area contributed by atoms with Crippen molar-refractivity contribution in [3.05, 3.63) is 47.9 Å². The molecule has 1 aromatic heterocycles. The Hall–Kier alpha value is -2.52. The Morgan fingerprint density at radius 2 is 1.84 bits per heavy atom. The van der Waals surface area contributed by atoms with Gasteiger partial charge in [-0.3, -0.25) is 0 Å². The predicted octanol–water partition coefficient (Wildman–Crippen LogP) is 1.82. The number of anilines is 1. The molecule has 9 heteroatoms. The van der Waals surface area contributed by atoms with Crippen LogP contribution in [0.25, 0.3) is 0 Å². The van der Waals surface area contributed by atoms with E-state index in [1.165, 1.54) is 16.7 Å². The van der Waals surface area contributed by atoms with Gasteiger partial charge in [0.15, 0.2) is 5.69 Å². The Bertz CT molecular complexity index is 833. The molecule has 0 amide bonds. The fraction of sp³-hybridized carbons (Fsp3) is 0.312. The zero-order chi connectivity index (χ0) is 18.6. The molecule has 0 radical (unpaired) electrons. The van der Waals surface area contributed by atoms with Crippen LogP contribution in [0.15, 0.2) is 41.6 Å². The average molecular weight is 364 g/mol. The van der Waals surface area contributed by atoms with E-state index in [0.29, 0.717) is 12.4 Å². The molecular formula is C16H20N4O4S. The van der Waals surface area contributed by atoms with E-state index in [1.807, 2.05) is 13.8 Å². The van der Waals surface area contributed by atoms with Crippen molar-refractivity contribution in [2.75, 3.05) is 12.4 Å². The van der Waals surface area contributed by atoms with E-state index < -0.39 is 16.0 Å². The molecule has 0 saturated heterocycles. The van der Waals surface area contributed by atoms with Gasteiger partial charge in [0.2, 0.25) is 10.0 Å². The summed E-state index contributed by atoms with van der Waals surface area (Å²) in [5, 5.41) is 11.8. The Morgan fingerprint density at radius 3 is 2.32 bits per heavy atom. The number of hydrogen-bond donors (Lipinski definition) is 2. The lowest BCUT2D eigenvalue weighted by Gasteiger charge is -2.21. The molecular weight excluding hydrogens is 344 g/mol. The molecule has 2 aromatic rings. The lowest BCUT2D eigenvalue weighted by molar-refractivity contribution is 0.0690. The van der Waals surface area contributed by atoms with Gasteiger partial charge >= 0.3 is 5.97 Å². The summed E-state index contributed by atoms with van der Waals surface area (Å²) < 4.78 is 26.1. The summed E-state index contributed by atoms with van der Waals surface area (Å²) in [5.41, 5.74) is 0.727. The van der Waals surface area contributed by atoms with Crippen LogP contribution in [0.5, 0.6) is 0 Å². The van der Waals surface area contributed by atoms with Crippen molar-refractivity contribution in [1.29, 1.82) is 0 Å². The molecule has 0 aliphatic rings. The van der Waals surface area contributed by atoms with Crippen molar-refractivity contribution >= 4 is 21.8 Å². The standard InChI is InChI=1S/C16H20N4O4S/c1-11(2)20(3)25(23,24)13-6-4-12(5-7-13)8-18-15-10-17-14(9-19-15)16(21)22/h4-7,9-11H,8H2,1-3H3,(H,18,19)(H,21,22). The molecule has 0 bridgehead atoms. The summed E-state index contributed by atoms with van der Waals surface area (Å²) in [7, 11) is -1.95. The highest BCUT2D eigenvalue weighted by Crippen LogP contribution is 2.17. The first-order chi connectivity index (χ1) is 11.7. The van der Waals surface area contributed by atoms with Crippen molar-refractivity contribution in [2.24, 2.45) is 0 Å². The van der Waals surface area contributed by atoms with Crippen LogP contribution in [0.1, 0.15) is 29.9 Å². The summed E-state index contributed by atoms with van der Waals surface area (Å²) in [6.07, 6.45) is 2.50. The highest BCUT2D eigenvalue weighted by Gasteiger charge is 2.22. The lowest BCUT2D eigenvalue weighted by atomic mass is 10.2. The molecule has 2 rings (SSSR count). The summed E-state index contributed by atoms with van der Waals surface area (Å²) >= 11 is 0. The van der Waals surface area contributed by atoms with Crippen molar-refractivity contribution in [2.45, 2.75) is 31.3 Å². The molecule has 0 unspecified atom stereocenters. The zero-order valence-corrected chi connectivity index (χ0v) is 15.0. The number of nitrogens with zero attached hydrogens (tertiary/aromatic N) is 3. The van der Waals surface area contributed by atoms with Crippen LogP contribution in [-0.4, -0.2) is 46.9 Å². The van der Waals surface area contributed by atoms with E-state index in [2.05, 4.69) is 15.3 Å². The molecule has 134 valence electrons. The number of rotatable bonds is 7. The minimum atomic E-state index is -3.50. The molecule has 1 aromatic carbocycles. The summed E-state index contributed by atoms with van der Waals surface area (Å²) in [6, 6.07) is 6.42. The largest absolute Gasteiger partial charge is 0.476 e.